The van der Waals surface area contributed by atoms with Gasteiger partial charge in [0, 0.05) is 51.7 Å². The van der Waals surface area contributed by atoms with Gasteiger partial charge in [0.1, 0.15) is 46.1 Å². The maximum absolute atomic E-state index is 12.7. The maximum Gasteiger partial charge on any atom is 1.00 e. The van der Waals surface area contributed by atoms with Crippen LogP contribution in [0.1, 0.15) is 177 Å². The Balaban J connectivity index is 0.000000148. The third-order valence-corrected chi connectivity index (χ3v) is 30.5. The van der Waals surface area contributed by atoms with Crippen molar-refractivity contribution in [2.24, 2.45) is 16.2 Å². The molecule has 6 aliphatic rings. The molecule has 0 radical (unpaired) electrons. The summed E-state index contributed by atoms with van der Waals surface area (Å²) in [6.07, 6.45) is 10.3. The fraction of sp³-hybridized carbons (Fsp3) is 0.507. The van der Waals surface area contributed by atoms with Crippen molar-refractivity contribution >= 4 is 78.6 Å². The molecule has 3 fully saturated rings. The predicted molar refractivity (Wildman–Crippen MR) is 326 cm³/mol. The van der Waals surface area contributed by atoms with Crippen molar-refractivity contribution in [3.63, 3.8) is 0 Å². The van der Waals surface area contributed by atoms with Gasteiger partial charge >= 0.3 is 29.6 Å². The second-order valence-electron chi connectivity index (χ2n) is 28.1. The summed E-state index contributed by atoms with van der Waals surface area (Å²) in [5.74, 6) is 4.78. The Hall–Kier alpha value is -4.23. The Labute approximate surface area is 513 Å². The van der Waals surface area contributed by atoms with E-state index in [1.54, 1.807) is 24.3 Å². The summed E-state index contributed by atoms with van der Waals surface area (Å²) >= 11 is 0.408. The molecule has 0 spiro atoms. The number of phenols is 2. The number of fused-ring (bicyclic) bond motifs is 15. The van der Waals surface area contributed by atoms with Crippen LogP contribution in [-0.4, -0.2) is 44.2 Å². The largest absolute Gasteiger partial charge is 1.00 e. The van der Waals surface area contributed by atoms with E-state index in [0.29, 0.717) is 59.6 Å². The molecule has 15 heteroatoms. The van der Waals surface area contributed by atoms with Crippen LogP contribution in [0.2, 0.25) is 36.3 Å². The van der Waals surface area contributed by atoms with Crippen molar-refractivity contribution < 1.29 is 81.8 Å². The predicted octanol–water partition coefficient (Wildman–Crippen LogP) is 13.4. The van der Waals surface area contributed by atoms with E-state index in [2.05, 4.69) is 135 Å². The zero-order chi connectivity index (χ0) is 58.6. The number of aryl methyl sites for hydroxylation is 4. The van der Waals surface area contributed by atoms with Gasteiger partial charge in [-0.05, 0) is 217 Å². The molecule has 82 heavy (non-hydrogen) atoms. The number of phenolic OH excluding ortho intramolecular Hbond substituents is 2. The summed E-state index contributed by atoms with van der Waals surface area (Å²) < 4.78 is 22.9. The van der Waals surface area contributed by atoms with Crippen molar-refractivity contribution in [1.82, 2.24) is 0 Å². The molecule has 6 aromatic carbocycles. The topological polar surface area (TPSA) is 161 Å². The summed E-state index contributed by atoms with van der Waals surface area (Å²) in [5.41, 5.74) is 8.32. The van der Waals surface area contributed by atoms with Gasteiger partial charge in [-0.1, -0.05) is 92.1 Å². The van der Waals surface area contributed by atoms with Crippen molar-refractivity contribution in [1.29, 1.82) is 0 Å². The van der Waals surface area contributed by atoms with Gasteiger partial charge in [-0.25, -0.2) is 0 Å². The molecule has 0 amide bonds. The number of rotatable bonds is 8. The minimum Gasteiger partial charge on any atom is -0.691 e. The van der Waals surface area contributed by atoms with Crippen LogP contribution in [0, 0.1) is 23.2 Å². The Morgan fingerprint density at radius 1 is 0.537 bits per heavy atom. The number of aromatic hydroxyl groups is 2. The average molecular weight is 1180 g/mol. The van der Waals surface area contributed by atoms with E-state index < -0.39 is 16.6 Å². The molecule has 6 atom stereocenters. The minimum absolute atomic E-state index is 0. The number of benzene rings is 6. The number of Topliss-reactive ketones (excluding diaryl/α,β-unsaturated/α-hetero) is 3. The SMILES string of the molecule is CC12CCc3c(cc(O)c4cc(OSOO[O-])ccc34)C1CCC2=O.CC12CCc3c(cc(O[Si](C)(C)C(C)(C)C)c4cc(O)ccc34)C1CCC2=O.Cc1ccc2c3c(cc(O[Si](C)(C)C(C)(C)C)c2c1)C1CCC(=O)C1(C)CC3.[Na+]. The van der Waals surface area contributed by atoms with Crippen molar-refractivity contribution in [2.75, 3.05) is 0 Å². The van der Waals surface area contributed by atoms with Gasteiger partial charge in [-0.2, -0.15) is 0 Å². The second-order valence-corrected chi connectivity index (χ2v) is 38.0. The first kappa shape index (κ1) is 62.3. The zero-order valence-corrected chi connectivity index (χ0v) is 55.9. The maximum atomic E-state index is 12.7. The Bertz CT molecular complexity index is 3370. The van der Waals surface area contributed by atoms with Gasteiger partial charge < -0.3 is 28.5 Å². The number of hydrogen-bond acceptors (Lipinski definition) is 12. The van der Waals surface area contributed by atoms with Gasteiger partial charge in [-0.3, -0.25) is 19.4 Å². The molecule has 0 bridgehead atoms. The average Bonchev–Trinajstić information content (AvgIpc) is 4.11. The van der Waals surface area contributed by atoms with Crippen molar-refractivity contribution in [3.8, 4) is 28.7 Å². The normalized spacial score (nSPS) is 24.7. The zero-order valence-electron chi connectivity index (χ0n) is 51.1. The summed E-state index contributed by atoms with van der Waals surface area (Å²) in [5, 5.41) is 40.3. The third kappa shape index (κ3) is 10.9. The first-order chi connectivity index (χ1) is 37.9. The molecular weight excluding hydrogens is 1090 g/mol. The molecule has 6 aromatic rings. The van der Waals surface area contributed by atoms with E-state index in [9.17, 15) is 29.9 Å². The van der Waals surface area contributed by atoms with E-state index in [1.807, 2.05) is 18.2 Å². The van der Waals surface area contributed by atoms with Crippen LogP contribution in [0.4, 0.5) is 0 Å². The number of carbonyl (C=O) groups is 3. The van der Waals surface area contributed by atoms with Crippen LogP contribution in [0.5, 0.6) is 28.7 Å². The van der Waals surface area contributed by atoms with Crippen molar-refractivity contribution in [3.05, 3.63) is 112 Å². The van der Waals surface area contributed by atoms with Gasteiger partial charge in [0.2, 0.25) is 0 Å². The quantitative estimate of drug-likeness (QED) is 0.0489. The Kier molecular flexibility index (Phi) is 17.1. The molecule has 0 heterocycles. The first-order valence-corrected chi connectivity index (χ1v) is 35.8. The molecule has 3 saturated carbocycles. The van der Waals surface area contributed by atoms with Crippen molar-refractivity contribution in [2.45, 2.75) is 200 Å². The van der Waals surface area contributed by atoms with Crippen LogP contribution in [0.15, 0.2) is 72.8 Å². The summed E-state index contributed by atoms with van der Waals surface area (Å²) in [7, 11) is -4.00. The minimum atomic E-state index is -2.04. The number of carbonyl (C=O) groups excluding carboxylic acids is 3. The first-order valence-electron chi connectivity index (χ1n) is 29.3. The van der Waals surface area contributed by atoms with Gasteiger partial charge in [0.15, 0.2) is 0 Å². The number of hydrogen-bond donors (Lipinski definition) is 2. The molecule has 2 N–H and O–H groups in total. The molecule has 0 aliphatic heterocycles. The van der Waals surface area contributed by atoms with Crippen LogP contribution < -0.4 is 47.8 Å². The standard InChI is InChI=1S/C25H34O2Si.C24H32O3Si.C18H18O6S.Na/c1-16-8-9-17-18-12-13-25(5)21(10-11-23(25)26)19(18)15-22(20(17)14-16)27-28(6,7)24(2,3)4;1-23(2,3)28(5,6)27-21-14-18-17(16-8-7-15(25)13-19(16)21)11-12-24(4)20(18)9-10-22(24)26;1-18-7-6-12-11-3-2-10(22-25-24-23-21)8-14(11)16(19)9-13(12)15(18)4-5-17(18)20;/h8-9,14-15,21H,10-13H2,1-7H3;7-8,13-14,20,25H,9-12H2,1-6H3;2-3,8-9,15,19,21H,4-7H2,1H3;/q;;;+1/p-1. The molecule has 12 rings (SSSR count). The molecule has 0 aromatic heterocycles. The molecule has 11 nitrogen and oxygen atoms in total. The second kappa shape index (κ2) is 22.6. The van der Waals surface area contributed by atoms with E-state index >= 15 is 0 Å². The Morgan fingerprint density at radius 2 is 0.939 bits per heavy atom. The summed E-state index contributed by atoms with van der Waals surface area (Å²) in [6, 6.07) is 24.1. The number of ketones is 3. The third-order valence-electron chi connectivity index (χ3n) is 21.4. The van der Waals surface area contributed by atoms with Crippen LogP contribution >= 0.6 is 12.3 Å². The molecule has 432 valence electrons. The van der Waals surface area contributed by atoms with E-state index in [0.717, 1.165) is 92.0 Å². The fourth-order valence-electron chi connectivity index (χ4n) is 14.2. The van der Waals surface area contributed by atoms with Crippen LogP contribution in [-0.2, 0) is 43.0 Å². The van der Waals surface area contributed by atoms with Crippen LogP contribution in [0.25, 0.3) is 32.3 Å². The van der Waals surface area contributed by atoms with Gasteiger partial charge in [0.25, 0.3) is 29.0 Å². The van der Waals surface area contributed by atoms with Gasteiger partial charge in [-0.15, -0.1) is 4.33 Å². The molecule has 0 saturated heterocycles. The Morgan fingerprint density at radius 3 is 1.38 bits per heavy atom. The molecule has 6 unspecified atom stereocenters. The van der Waals surface area contributed by atoms with E-state index in [-0.39, 0.29) is 79.2 Å². The van der Waals surface area contributed by atoms with E-state index in [1.165, 1.54) is 49.5 Å². The fourth-order valence-corrected chi connectivity index (χ4v) is 16.5. The molecular formula is C67H83NaO11SSi2. The van der Waals surface area contributed by atoms with E-state index in [4.69, 9.17) is 13.0 Å². The van der Waals surface area contributed by atoms with Gasteiger partial charge in [0.05, 0.1) is 0 Å². The molecule has 6 aliphatic carbocycles. The monoisotopic (exact) mass is 1170 g/mol. The summed E-state index contributed by atoms with van der Waals surface area (Å²) in [4.78, 5) is 37.6. The summed E-state index contributed by atoms with van der Waals surface area (Å²) in [6.45, 7) is 31.3. The van der Waals surface area contributed by atoms with Crippen LogP contribution in [0.3, 0.4) is 0 Å². The smallest absolute Gasteiger partial charge is 0.691 e.